The number of hydrogen-bond acceptors (Lipinski definition) is 6. The van der Waals surface area contributed by atoms with Crippen LogP contribution in [0.3, 0.4) is 0 Å². The first-order valence-electron chi connectivity index (χ1n) is 11.5. The van der Waals surface area contributed by atoms with Crippen LogP contribution < -0.4 is 49.6 Å². The minimum atomic E-state index is -1.83. The number of fused-ring (bicyclic) bond motifs is 2. The van der Waals surface area contributed by atoms with Crippen LogP contribution in [0, 0.1) is 5.82 Å². The number of methoxy groups -OCH3 is 1. The fourth-order valence-electron chi connectivity index (χ4n) is 4.65. The van der Waals surface area contributed by atoms with Gasteiger partial charge < -0.3 is 20.0 Å². The summed E-state index contributed by atoms with van der Waals surface area (Å²) in [5.74, 6) is -3.07. The monoisotopic (exact) mass is 521 g/mol. The number of nitrogens with zero attached hydrogens (tertiary/aromatic N) is 2. The third-order valence-corrected chi connectivity index (χ3v) is 6.46. The number of carbonyl (C=O) groups excluding carboxylic acids is 3. The van der Waals surface area contributed by atoms with Gasteiger partial charge in [0, 0.05) is 29.2 Å². The van der Waals surface area contributed by atoms with Crippen LogP contribution in [0.1, 0.15) is 28.9 Å². The molecule has 3 aromatic carbocycles. The van der Waals surface area contributed by atoms with Gasteiger partial charge in [0.1, 0.15) is 22.8 Å². The van der Waals surface area contributed by atoms with Gasteiger partial charge in [-0.2, -0.15) is 0 Å². The number of benzene rings is 3. The van der Waals surface area contributed by atoms with E-state index >= 15 is 0 Å². The van der Waals surface area contributed by atoms with E-state index in [-0.39, 0.29) is 53.0 Å². The maximum Gasteiger partial charge on any atom is 1.00 e. The molecule has 1 N–H and O–H groups in total. The van der Waals surface area contributed by atoms with Crippen LogP contribution in [-0.2, 0) is 15.1 Å². The third kappa shape index (κ3) is 4.76. The Morgan fingerprint density at radius 3 is 2.45 bits per heavy atom. The van der Waals surface area contributed by atoms with Gasteiger partial charge in [-0.05, 0) is 42.5 Å². The fourth-order valence-corrected chi connectivity index (χ4v) is 4.65. The molecule has 2 amide bonds. The van der Waals surface area contributed by atoms with Crippen molar-refractivity contribution >= 4 is 39.9 Å². The maximum atomic E-state index is 14.9. The van der Waals surface area contributed by atoms with Crippen LogP contribution in [0.2, 0.25) is 0 Å². The SMILES string of the molecule is COc1ccc2c(c1)N(c1ccccc1F)C(=O)[C@]2(CCC(=O)[O-])NC(=O)c1cc2ccccc2cn1.[Na+]. The number of amides is 2. The Hall–Kier alpha value is -3.79. The summed E-state index contributed by atoms with van der Waals surface area (Å²) < 4.78 is 20.2. The first-order valence-corrected chi connectivity index (χ1v) is 11.5. The van der Waals surface area contributed by atoms with E-state index in [0.717, 1.165) is 15.7 Å². The molecule has 0 bridgehead atoms. The van der Waals surface area contributed by atoms with E-state index in [4.69, 9.17) is 4.74 Å². The largest absolute Gasteiger partial charge is 1.00 e. The summed E-state index contributed by atoms with van der Waals surface area (Å²) in [6.07, 6.45) is 0.685. The van der Waals surface area contributed by atoms with Gasteiger partial charge in [-0.3, -0.25) is 19.5 Å². The molecule has 0 aliphatic carbocycles. The van der Waals surface area contributed by atoms with Crippen LogP contribution in [0.25, 0.3) is 10.8 Å². The van der Waals surface area contributed by atoms with E-state index in [1.54, 1.807) is 36.5 Å². The minimum absolute atomic E-state index is 0. The summed E-state index contributed by atoms with van der Waals surface area (Å²) in [5.41, 5.74) is -1.26. The van der Waals surface area contributed by atoms with Gasteiger partial charge in [0.05, 0.1) is 18.5 Å². The Morgan fingerprint density at radius 2 is 1.74 bits per heavy atom. The molecule has 0 saturated carbocycles. The van der Waals surface area contributed by atoms with E-state index < -0.39 is 35.6 Å². The van der Waals surface area contributed by atoms with Crippen molar-refractivity contribution in [1.29, 1.82) is 0 Å². The number of hydrogen-bond donors (Lipinski definition) is 1. The van der Waals surface area contributed by atoms with E-state index in [1.807, 2.05) is 24.3 Å². The van der Waals surface area contributed by atoms with Crippen molar-refractivity contribution in [3.05, 3.63) is 96.1 Å². The minimum Gasteiger partial charge on any atom is -0.550 e. The second kappa shape index (κ2) is 10.9. The molecule has 10 heteroatoms. The third-order valence-electron chi connectivity index (χ3n) is 6.46. The second-order valence-electron chi connectivity index (χ2n) is 8.62. The Kier molecular flexibility index (Phi) is 7.82. The Morgan fingerprint density at radius 1 is 1.03 bits per heavy atom. The fraction of sp³-hybridized carbons (Fsp3) is 0.143. The predicted molar refractivity (Wildman–Crippen MR) is 132 cm³/mol. The summed E-state index contributed by atoms with van der Waals surface area (Å²) in [6.45, 7) is 0. The molecule has 0 fully saturated rings. The van der Waals surface area contributed by atoms with Crippen molar-refractivity contribution in [2.24, 2.45) is 0 Å². The zero-order valence-corrected chi connectivity index (χ0v) is 22.7. The number of rotatable bonds is 7. The van der Waals surface area contributed by atoms with E-state index in [0.29, 0.717) is 11.3 Å². The molecular formula is C28H21FN3NaO5. The maximum absolute atomic E-state index is 14.9. The average Bonchev–Trinajstić information content (AvgIpc) is 3.14. The van der Waals surface area contributed by atoms with Crippen molar-refractivity contribution in [1.82, 2.24) is 10.3 Å². The smallest absolute Gasteiger partial charge is 0.550 e. The van der Waals surface area contributed by atoms with Gasteiger partial charge >= 0.3 is 29.6 Å². The molecule has 0 radical (unpaired) electrons. The molecule has 0 unspecified atom stereocenters. The Bertz CT molecular complexity index is 1560. The number of carboxylic acids is 1. The van der Waals surface area contributed by atoms with Gasteiger partial charge in [0.15, 0.2) is 0 Å². The number of carboxylic acid groups (broad SMARTS) is 1. The van der Waals surface area contributed by atoms with Gasteiger partial charge in [-0.15, -0.1) is 0 Å². The summed E-state index contributed by atoms with van der Waals surface area (Å²) in [5, 5.41) is 15.8. The van der Waals surface area contributed by atoms with Crippen molar-refractivity contribution < 1.29 is 58.2 Å². The number of pyridine rings is 1. The molecule has 2 heterocycles. The number of aliphatic carboxylic acids is 1. The predicted octanol–water partition coefficient (Wildman–Crippen LogP) is 0.220. The van der Waals surface area contributed by atoms with Crippen molar-refractivity contribution in [3.63, 3.8) is 0 Å². The molecule has 186 valence electrons. The van der Waals surface area contributed by atoms with Gasteiger partial charge in [-0.25, -0.2) is 4.39 Å². The molecule has 1 aromatic heterocycles. The molecule has 1 aliphatic rings. The van der Waals surface area contributed by atoms with Crippen molar-refractivity contribution in [2.45, 2.75) is 18.4 Å². The van der Waals surface area contributed by atoms with Crippen LogP contribution in [-0.4, -0.2) is 29.9 Å². The number of carbonyl (C=O) groups is 3. The van der Waals surface area contributed by atoms with Gasteiger partial charge in [-0.1, -0.05) is 42.5 Å². The van der Waals surface area contributed by atoms with Crippen molar-refractivity contribution in [3.8, 4) is 5.75 Å². The molecule has 1 aliphatic heterocycles. The van der Waals surface area contributed by atoms with Crippen LogP contribution in [0.4, 0.5) is 15.8 Å². The number of aromatic nitrogens is 1. The van der Waals surface area contributed by atoms with E-state index in [9.17, 15) is 23.9 Å². The average molecular weight is 521 g/mol. The quantitative estimate of drug-likeness (QED) is 0.349. The van der Waals surface area contributed by atoms with Gasteiger partial charge in [0.2, 0.25) is 0 Å². The summed E-state index contributed by atoms with van der Waals surface area (Å²) in [4.78, 5) is 44.4. The topological polar surface area (TPSA) is 112 Å². The molecule has 0 spiro atoms. The first-order chi connectivity index (χ1) is 17.8. The van der Waals surface area contributed by atoms with Crippen LogP contribution >= 0.6 is 0 Å². The summed E-state index contributed by atoms with van der Waals surface area (Å²) in [6, 6.07) is 19.3. The van der Waals surface area contributed by atoms with Crippen LogP contribution in [0.15, 0.2) is 79.0 Å². The van der Waals surface area contributed by atoms with Crippen LogP contribution in [0.5, 0.6) is 5.75 Å². The zero-order valence-electron chi connectivity index (χ0n) is 20.7. The van der Waals surface area contributed by atoms with Gasteiger partial charge in [0.25, 0.3) is 11.8 Å². The number of halogens is 1. The number of nitrogens with one attached hydrogen (secondary N) is 1. The number of anilines is 2. The zero-order chi connectivity index (χ0) is 26.2. The summed E-state index contributed by atoms with van der Waals surface area (Å²) in [7, 11) is 1.45. The molecule has 38 heavy (non-hydrogen) atoms. The molecule has 4 aromatic rings. The Labute approximate surface area is 239 Å². The van der Waals surface area contributed by atoms with Crippen molar-refractivity contribution in [2.75, 3.05) is 12.0 Å². The number of para-hydroxylation sites is 1. The second-order valence-corrected chi connectivity index (χ2v) is 8.62. The standard InChI is InChI=1S/C28H22FN3O5.Na/c1-37-19-10-11-20-24(15-19)32(23-9-5-4-8-21(23)29)27(36)28(20,13-12-25(33)34)31-26(35)22-14-17-6-2-3-7-18(17)16-30-22;/h2-11,14-16H,12-13H2,1H3,(H,31,35)(H,33,34);/q;+1/p-1/t28-;/m1./s1. The molecular weight excluding hydrogens is 500 g/mol. The molecule has 5 rings (SSSR count). The normalized spacial score (nSPS) is 16.1. The molecule has 0 saturated heterocycles. The van der Waals surface area contributed by atoms with E-state index in [1.165, 1.54) is 25.3 Å². The number of ether oxygens (including phenoxy) is 1. The Balaban J connectivity index is 0.00000336. The molecule has 1 atom stereocenters. The van der Waals surface area contributed by atoms with E-state index in [2.05, 4.69) is 10.3 Å². The molecule has 8 nitrogen and oxygen atoms in total. The summed E-state index contributed by atoms with van der Waals surface area (Å²) >= 11 is 0. The first kappa shape index (κ1) is 27.3.